The summed E-state index contributed by atoms with van der Waals surface area (Å²) in [6.45, 7) is 0.109. The number of amides is 1. The average molecular weight is 381 g/mol. The summed E-state index contributed by atoms with van der Waals surface area (Å²) in [5, 5.41) is 11.0. The van der Waals surface area contributed by atoms with Crippen molar-refractivity contribution in [3.8, 4) is 11.5 Å². The molecule has 2 aliphatic heterocycles. The Morgan fingerprint density at radius 3 is 2.61 bits per heavy atom. The van der Waals surface area contributed by atoms with Gasteiger partial charge in [0.2, 0.25) is 6.79 Å². The maximum absolute atomic E-state index is 12.9. The molecule has 1 aromatic heterocycles. The zero-order valence-corrected chi connectivity index (χ0v) is 15.1. The lowest BCUT2D eigenvalue weighted by atomic mass is 9.98. The van der Waals surface area contributed by atoms with E-state index in [1.807, 2.05) is 0 Å². The maximum Gasteiger partial charge on any atom is 0.296 e. The van der Waals surface area contributed by atoms with Gasteiger partial charge in [-0.2, -0.15) is 0 Å². The Morgan fingerprint density at radius 1 is 1.07 bits per heavy atom. The second kappa shape index (κ2) is 6.44. The van der Waals surface area contributed by atoms with E-state index in [2.05, 4.69) is 0 Å². The van der Waals surface area contributed by atoms with E-state index < -0.39 is 17.7 Å². The molecule has 5 rings (SSSR count). The molecule has 2 fully saturated rings. The van der Waals surface area contributed by atoms with Gasteiger partial charge in [0.05, 0.1) is 11.8 Å². The second-order valence-corrected chi connectivity index (χ2v) is 7.23. The second-order valence-electron chi connectivity index (χ2n) is 7.23. The number of carbonyl (C=O) groups excluding carboxylic acids is 2. The van der Waals surface area contributed by atoms with E-state index >= 15 is 0 Å². The number of ketones is 1. The summed E-state index contributed by atoms with van der Waals surface area (Å²) in [5.74, 6) is 0.0140. The van der Waals surface area contributed by atoms with Crippen LogP contribution in [0, 0.1) is 0 Å². The first-order valence-electron chi connectivity index (χ1n) is 9.38. The number of likely N-dealkylation sites (tertiary alicyclic amines) is 1. The number of aliphatic hydroxyl groups excluding tert-OH is 1. The minimum atomic E-state index is -0.733. The molecule has 1 aliphatic carbocycles. The van der Waals surface area contributed by atoms with Crippen LogP contribution in [0.4, 0.5) is 0 Å². The van der Waals surface area contributed by atoms with Gasteiger partial charge in [0.15, 0.2) is 11.5 Å². The summed E-state index contributed by atoms with van der Waals surface area (Å²) >= 11 is 0. The van der Waals surface area contributed by atoms with Crippen LogP contribution in [0.15, 0.2) is 46.6 Å². The minimum absolute atomic E-state index is 0.0337. The lowest BCUT2D eigenvalue weighted by Gasteiger charge is -2.29. The monoisotopic (exact) mass is 381 g/mol. The van der Waals surface area contributed by atoms with Crippen molar-refractivity contribution in [1.82, 2.24) is 4.90 Å². The van der Waals surface area contributed by atoms with Gasteiger partial charge in [-0.3, -0.25) is 9.59 Å². The normalized spacial score (nSPS) is 23.7. The van der Waals surface area contributed by atoms with Crippen molar-refractivity contribution in [2.45, 2.75) is 37.8 Å². The standard InChI is InChI=1S/C21H19NO6/c23-19(12-7-8-14-16(10-12)28-11-27-14)17-18(15-6-3-9-26-15)22(21(25)20(17)24)13-4-1-2-5-13/h3,6-10,13,18,23H,1-2,4-5,11H2/b19-17-. The predicted octanol–water partition coefficient (Wildman–Crippen LogP) is 3.37. The number of ether oxygens (including phenoxy) is 2. The van der Waals surface area contributed by atoms with Gasteiger partial charge < -0.3 is 23.9 Å². The summed E-state index contributed by atoms with van der Waals surface area (Å²) in [4.78, 5) is 27.4. The minimum Gasteiger partial charge on any atom is -0.507 e. The molecule has 2 aromatic rings. The zero-order valence-electron chi connectivity index (χ0n) is 15.1. The molecule has 3 aliphatic rings. The first-order chi connectivity index (χ1) is 13.6. The summed E-state index contributed by atoms with van der Waals surface area (Å²) in [6.07, 6.45) is 5.22. The van der Waals surface area contributed by atoms with E-state index in [0.717, 1.165) is 25.7 Å². The average Bonchev–Trinajstić information content (AvgIpc) is 3.49. The van der Waals surface area contributed by atoms with Crippen LogP contribution in [0.25, 0.3) is 5.76 Å². The molecule has 144 valence electrons. The van der Waals surface area contributed by atoms with E-state index in [0.29, 0.717) is 22.8 Å². The highest BCUT2D eigenvalue weighted by molar-refractivity contribution is 6.46. The zero-order chi connectivity index (χ0) is 19.3. The number of hydrogen-bond donors (Lipinski definition) is 1. The topological polar surface area (TPSA) is 89.2 Å². The number of furan rings is 1. The molecular weight excluding hydrogens is 362 g/mol. The van der Waals surface area contributed by atoms with Crippen molar-refractivity contribution in [2.75, 3.05) is 6.79 Å². The van der Waals surface area contributed by atoms with Crippen molar-refractivity contribution in [3.63, 3.8) is 0 Å². The van der Waals surface area contributed by atoms with Gasteiger partial charge >= 0.3 is 0 Å². The van der Waals surface area contributed by atoms with Crippen LogP contribution >= 0.6 is 0 Å². The molecular formula is C21H19NO6. The third-order valence-electron chi connectivity index (χ3n) is 5.66. The number of aliphatic hydroxyl groups is 1. The van der Waals surface area contributed by atoms with E-state index in [1.54, 1.807) is 35.2 Å². The van der Waals surface area contributed by atoms with Crippen molar-refractivity contribution in [2.24, 2.45) is 0 Å². The number of rotatable bonds is 3. The molecule has 0 radical (unpaired) electrons. The summed E-state index contributed by atoms with van der Waals surface area (Å²) in [7, 11) is 0. The van der Waals surface area contributed by atoms with Crippen LogP contribution in [0.5, 0.6) is 11.5 Å². The van der Waals surface area contributed by atoms with E-state index in [9.17, 15) is 14.7 Å². The molecule has 1 atom stereocenters. The Balaban J connectivity index is 1.64. The fourth-order valence-electron chi connectivity index (χ4n) is 4.33. The lowest BCUT2D eigenvalue weighted by molar-refractivity contribution is -0.141. The Labute approximate surface area is 161 Å². The fraction of sp³-hybridized carbons (Fsp3) is 0.333. The molecule has 0 spiro atoms. The third-order valence-corrected chi connectivity index (χ3v) is 5.66. The first-order valence-corrected chi connectivity index (χ1v) is 9.38. The Kier molecular flexibility index (Phi) is 3.89. The Morgan fingerprint density at radius 2 is 1.86 bits per heavy atom. The summed E-state index contributed by atoms with van der Waals surface area (Å²) in [6, 6.07) is 7.60. The highest BCUT2D eigenvalue weighted by atomic mass is 16.7. The van der Waals surface area contributed by atoms with Crippen LogP contribution < -0.4 is 9.47 Å². The van der Waals surface area contributed by atoms with E-state index in [4.69, 9.17) is 13.9 Å². The third kappa shape index (κ3) is 2.50. The largest absolute Gasteiger partial charge is 0.507 e. The summed E-state index contributed by atoms with van der Waals surface area (Å²) in [5.41, 5.74) is 0.441. The molecule has 1 saturated heterocycles. The quantitative estimate of drug-likeness (QED) is 0.498. The van der Waals surface area contributed by atoms with Crippen LogP contribution in [-0.4, -0.2) is 34.5 Å². The van der Waals surface area contributed by atoms with Crippen molar-refractivity contribution in [3.05, 3.63) is 53.5 Å². The molecule has 0 bridgehead atoms. The van der Waals surface area contributed by atoms with Crippen LogP contribution in [0.2, 0.25) is 0 Å². The van der Waals surface area contributed by atoms with Crippen LogP contribution in [0.3, 0.4) is 0 Å². The van der Waals surface area contributed by atoms with Gasteiger partial charge in [-0.15, -0.1) is 0 Å². The lowest BCUT2D eigenvalue weighted by Crippen LogP contribution is -2.37. The van der Waals surface area contributed by atoms with E-state index in [1.165, 1.54) is 6.26 Å². The van der Waals surface area contributed by atoms with Crippen LogP contribution in [-0.2, 0) is 9.59 Å². The molecule has 1 saturated carbocycles. The molecule has 1 amide bonds. The molecule has 1 N–H and O–H groups in total. The number of fused-ring (bicyclic) bond motifs is 1. The highest BCUT2D eigenvalue weighted by Crippen LogP contribution is 2.44. The van der Waals surface area contributed by atoms with Gasteiger partial charge in [-0.25, -0.2) is 0 Å². The van der Waals surface area contributed by atoms with Gasteiger partial charge in [0.1, 0.15) is 17.6 Å². The van der Waals surface area contributed by atoms with Crippen LogP contribution in [0.1, 0.15) is 43.0 Å². The summed E-state index contributed by atoms with van der Waals surface area (Å²) < 4.78 is 16.2. The maximum atomic E-state index is 12.9. The smallest absolute Gasteiger partial charge is 0.296 e. The number of nitrogens with zero attached hydrogens (tertiary/aromatic N) is 1. The molecule has 1 aromatic carbocycles. The highest BCUT2D eigenvalue weighted by Gasteiger charge is 2.50. The van der Waals surface area contributed by atoms with Gasteiger partial charge in [0.25, 0.3) is 11.7 Å². The predicted molar refractivity (Wildman–Crippen MR) is 97.7 cm³/mol. The SMILES string of the molecule is O=C1C(=O)N(C2CCCC2)C(c2ccco2)/C1=C(/O)c1ccc2c(c1)OCO2. The van der Waals surface area contributed by atoms with Crippen molar-refractivity contribution >= 4 is 17.4 Å². The van der Waals surface area contributed by atoms with E-state index in [-0.39, 0.29) is 24.2 Å². The Bertz CT molecular complexity index is 971. The number of carbonyl (C=O) groups is 2. The Hall–Kier alpha value is -3.22. The first kappa shape index (κ1) is 16.9. The number of hydrogen-bond acceptors (Lipinski definition) is 6. The number of Topliss-reactive ketones (excluding diaryl/α,β-unsaturated/α-hetero) is 1. The van der Waals surface area contributed by atoms with Crippen molar-refractivity contribution in [1.29, 1.82) is 0 Å². The molecule has 7 heteroatoms. The van der Waals surface area contributed by atoms with Crippen molar-refractivity contribution < 1.29 is 28.6 Å². The molecule has 7 nitrogen and oxygen atoms in total. The molecule has 1 unspecified atom stereocenters. The van der Waals surface area contributed by atoms with Gasteiger partial charge in [-0.05, 0) is 43.2 Å². The molecule has 28 heavy (non-hydrogen) atoms. The van der Waals surface area contributed by atoms with Gasteiger partial charge in [0, 0.05) is 11.6 Å². The fourth-order valence-corrected chi connectivity index (χ4v) is 4.33. The number of benzene rings is 1. The van der Waals surface area contributed by atoms with Gasteiger partial charge in [-0.1, -0.05) is 12.8 Å². The molecule has 3 heterocycles.